The molecule has 0 aromatic heterocycles. The van der Waals surface area contributed by atoms with Crippen LogP contribution in [0.4, 0.5) is 0 Å². The number of hydrogen-bond donors (Lipinski definition) is 1. The third-order valence-corrected chi connectivity index (χ3v) is 4.36. The van der Waals surface area contributed by atoms with Crippen LogP contribution in [-0.4, -0.2) is 55.8 Å². The average Bonchev–Trinajstić information content (AvgIpc) is 2.67. The van der Waals surface area contributed by atoms with E-state index in [9.17, 15) is 4.79 Å². The third-order valence-electron chi connectivity index (χ3n) is 4.36. The lowest BCUT2D eigenvalue weighted by atomic mass is 10.1. The molecule has 0 spiro atoms. The van der Waals surface area contributed by atoms with Crippen molar-refractivity contribution in [3.8, 4) is 0 Å². The maximum atomic E-state index is 11.7. The number of hydrogen-bond acceptors (Lipinski definition) is 4. The Labute approximate surface area is 156 Å². The van der Waals surface area contributed by atoms with Crippen molar-refractivity contribution >= 4 is 11.9 Å². The highest BCUT2D eigenvalue weighted by molar-refractivity contribution is 5.89. The van der Waals surface area contributed by atoms with E-state index in [4.69, 9.17) is 14.5 Å². The van der Waals surface area contributed by atoms with Crippen LogP contribution in [0.25, 0.3) is 0 Å². The number of nitrogens with zero attached hydrogens (tertiary/aromatic N) is 2. The summed E-state index contributed by atoms with van der Waals surface area (Å²) in [5.74, 6) is 0.657. The average molecular weight is 361 g/mol. The van der Waals surface area contributed by atoms with Gasteiger partial charge in [0.2, 0.25) is 0 Å². The fourth-order valence-corrected chi connectivity index (χ4v) is 3.02. The summed E-state index contributed by atoms with van der Waals surface area (Å²) >= 11 is 0. The van der Waals surface area contributed by atoms with Gasteiger partial charge in [0.05, 0.1) is 24.8 Å². The molecule has 0 atom stereocenters. The quantitative estimate of drug-likeness (QED) is 0.460. The molecule has 2 rings (SSSR count). The first-order valence-electron chi connectivity index (χ1n) is 9.58. The Balaban J connectivity index is 1.95. The van der Waals surface area contributed by atoms with Gasteiger partial charge in [-0.15, -0.1) is 0 Å². The number of likely N-dealkylation sites (tertiary alicyclic amines) is 1. The number of ether oxygens (including phenoxy) is 2. The summed E-state index contributed by atoms with van der Waals surface area (Å²) in [6, 6.07) is 7.45. The molecule has 1 fully saturated rings. The number of nitrogens with one attached hydrogen (secondary N) is 1. The lowest BCUT2D eigenvalue weighted by Crippen LogP contribution is -2.47. The Morgan fingerprint density at radius 1 is 1.15 bits per heavy atom. The number of carbonyl (C=O) groups excluding carboxylic acids is 1. The minimum atomic E-state index is -0.284. The first kappa shape index (κ1) is 20.2. The first-order chi connectivity index (χ1) is 12.7. The highest BCUT2D eigenvalue weighted by atomic mass is 16.5. The van der Waals surface area contributed by atoms with Crippen LogP contribution in [0.5, 0.6) is 0 Å². The van der Waals surface area contributed by atoms with Crippen LogP contribution in [0.2, 0.25) is 0 Å². The summed E-state index contributed by atoms with van der Waals surface area (Å²) in [7, 11) is 0. The molecule has 1 aliphatic rings. The second kappa shape index (κ2) is 10.8. The molecule has 6 nitrogen and oxygen atoms in total. The van der Waals surface area contributed by atoms with Crippen LogP contribution >= 0.6 is 0 Å². The Kier molecular flexibility index (Phi) is 8.41. The number of guanidine groups is 1. The SMILES string of the molecule is CCNC(=NCc1ccc(C(=O)OCC)cc1)N1CCC(OCC)CC1. The van der Waals surface area contributed by atoms with E-state index in [2.05, 4.69) is 17.1 Å². The molecule has 1 heterocycles. The normalized spacial score (nSPS) is 15.8. The van der Waals surface area contributed by atoms with Crippen molar-refractivity contribution in [3.63, 3.8) is 0 Å². The van der Waals surface area contributed by atoms with Crippen LogP contribution in [0, 0.1) is 0 Å². The Morgan fingerprint density at radius 2 is 1.85 bits per heavy atom. The van der Waals surface area contributed by atoms with E-state index < -0.39 is 0 Å². The molecular weight excluding hydrogens is 330 g/mol. The minimum Gasteiger partial charge on any atom is -0.462 e. The van der Waals surface area contributed by atoms with Gasteiger partial charge in [0.15, 0.2) is 5.96 Å². The summed E-state index contributed by atoms with van der Waals surface area (Å²) in [5, 5.41) is 3.38. The highest BCUT2D eigenvalue weighted by Crippen LogP contribution is 2.14. The smallest absolute Gasteiger partial charge is 0.338 e. The van der Waals surface area contributed by atoms with Crippen molar-refractivity contribution in [3.05, 3.63) is 35.4 Å². The Bertz CT molecular complexity index is 578. The van der Waals surface area contributed by atoms with Gasteiger partial charge in [-0.3, -0.25) is 0 Å². The number of benzene rings is 1. The topological polar surface area (TPSA) is 63.2 Å². The van der Waals surface area contributed by atoms with Crippen molar-refractivity contribution in [2.45, 2.75) is 46.3 Å². The Morgan fingerprint density at radius 3 is 2.42 bits per heavy atom. The van der Waals surface area contributed by atoms with Crippen molar-refractivity contribution in [1.29, 1.82) is 0 Å². The molecule has 6 heteroatoms. The predicted molar refractivity (Wildman–Crippen MR) is 103 cm³/mol. The predicted octanol–water partition coefficient (Wildman–Crippen LogP) is 2.83. The molecule has 1 aromatic carbocycles. The number of esters is 1. The molecule has 0 aliphatic carbocycles. The maximum Gasteiger partial charge on any atom is 0.338 e. The Hall–Kier alpha value is -2.08. The van der Waals surface area contributed by atoms with E-state index in [1.54, 1.807) is 19.1 Å². The van der Waals surface area contributed by atoms with Gasteiger partial charge in [-0.2, -0.15) is 0 Å². The van der Waals surface area contributed by atoms with E-state index in [0.29, 0.717) is 24.8 Å². The zero-order chi connectivity index (χ0) is 18.8. The van der Waals surface area contributed by atoms with Gasteiger partial charge in [0.25, 0.3) is 0 Å². The largest absolute Gasteiger partial charge is 0.462 e. The van der Waals surface area contributed by atoms with E-state index in [1.807, 2.05) is 19.1 Å². The van der Waals surface area contributed by atoms with Gasteiger partial charge in [-0.1, -0.05) is 12.1 Å². The third kappa shape index (κ3) is 6.02. The van der Waals surface area contributed by atoms with E-state index in [1.165, 1.54) is 0 Å². The number of rotatable bonds is 7. The standard InChI is InChI=1S/C20H31N3O3/c1-4-21-20(23-13-11-18(12-14-23)25-5-2)22-15-16-7-9-17(10-8-16)19(24)26-6-3/h7-10,18H,4-6,11-15H2,1-3H3,(H,21,22). The zero-order valence-corrected chi connectivity index (χ0v) is 16.2. The van der Waals surface area contributed by atoms with Crippen LogP contribution in [0.3, 0.4) is 0 Å². The second-order valence-corrected chi connectivity index (χ2v) is 6.23. The summed E-state index contributed by atoms with van der Waals surface area (Å²) < 4.78 is 10.7. The fourth-order valence-electron chi connectivity index (χ4n) is 3.02. The summed E-state index contributed by atoms with van der Waals surface area (Å²) in [5.41, 5.74) is 1.64. The number of aliphatic imine (C=N–C) groups is 1. The van der Waals surface area contributed by atoms with Gasteiger partial charge in [-0.05, 0) is 51.3 Å². The van der Waals surface area contributed by atoms with Gasteiger partial charge in [0, 0.05) is 26.2 Å². The van der Waals surface area contributed by atoms with Gasteiger partial charge in [-0.25, -0.2) is 9.79 Å². The van der Waals surface area contributed by atoms with Crippen molar-refractivity contribution in [2.24, 2.45) is 4.99 Å². The molecule has 144 valence electrons. The van der Waals surface area contributed by atoms with Gasteiger partial charge < -0.3 is 19.7 Å². The van der Waals surface area contributed by atoms with Crippen molar-refractivity contribution in [2.75, 3.05) is 32.8 Å². The number of piperidine rings is 1. The number of carbonyl (C=O) groups is 1. The van der Waals surface area contributed by atoms with Crippen LogP contribution < -0.4 is 5.32 Å². The molecule has 0 unspecified atom stereocenters. The van der Waals surface area contributed by atoms with Gasteiger partial charge >= 0.3 is 5.97 Å². The zero-order valence-electron chi connectivity index (χ0n) is 16.2. The first-order valence-corrected chi connectivity index (χ1v) is 9.58. The second-order valence-electron chi connectivity index (χ2n) is 6.23. The molecule has 0 amide bonds. The summed E-state index contributed by atoms with van der Waals surface area (Å²) in [6.07, 6.45) is 2.44. The highest BCUT2D eigenvalue weighted by Gasteiger charge is 2.21. The van der Waals surface area contributed by atoms with Crippen LogP contribution in [0.1, 0.15) is 49.5 Å². The molecule has 0 radical (unpaired) electrons. The lowest BCUT2D eigenvalue weighted by Gasteiger charge is -2.34. The van der Waals surface area contributed by atoms with E-state index >= 15 is 0 Å². The monoisotopic (exact) mass is 361 g/mol. The lowest BCUT2D eigenvalue weighted by molar-refractivity contribution is 0.0263. The minimum absolute atomic E-state index is 0.284. The molecular formula is C20H31N3O3. The molecule has 1 N–H and O–H groups in total. The van der Waals surface area contributed by atoms with Crippen LogP contribution in [-0.2, 0) is 16.0 Å². The fraction of sp³-hybridized carbons (Fsp3) is 0.600. The summed E-state index contributed by atoms with van der Waals surface area (Å²) in [4.78, 5) is 18.8. The summed E-state index contributed by atoms with van der Waals surface area (Å²) in [6.45, 7) is 10.4. The van der Waals surface area contributed by atoms with Crippen molar-refractivity contribution in [1.82, 2.24) is 10.2 Å². The molecule has 1 aromatic rings. The molecule has 1 saturated heterocycles. The van der Waals surface area contributed by atoms with Crippen molar-refractivity contribution < 1.29 is 14.3 Å². The molecule has 0 bridgehead atoms. The van der Waals surface area contributed by atoms with E-state index in [-0.39, 0.29) is 5.97 Å². The maximum absolute atomic E-state index is 11.7. The van der Waals surface area contributed by atoms with Crippen LogP contribution in [0.15, 0.2) is 29.3 Å². The molecule has 0 saturated carbocycles. The van der Waals surface area contributed by atoms with E-state index in [0.717, 1.165) is 50.6 Å². The molecule has 1 aliphatic heterocycles. The van der Waals surface area contributed by atoms with Gasteiger partial charge in [0.1, 0.15) is 0 Å². The molecule has 26 heavy (non-hydrogen) atoms.